The van der Waals surface area contributed by atoms with Gasteiger partial charge in [-0.15, -0.1) is 0 Å². The zero-order valence-electron chi connectivity index (χ0n) is 18.8. The van der Waals surface area contributed by atoms with Crippen molar-refractivity contribution < 1.29 is 9.90 Å². The number of rotatable bonds is 7. The number of piperazine rings is 1. The molecular formula is C24H32ClN5O2. The first-order valence-electron chi connectivity index (χ1n) is 11.5. The van der Waals surface area contributed by atoms with E-state index in [4.69, 9.17) is 16.6 Å². The molecule has 2 aliphatic rings. The van der Waals surface area contributed by atoms with Gasteiger partial charge in [-0.1, -0.05) is 37.6 Å². The first kappa shape index (κ1) is 23.0. The third kappa shape index (κ3) is 5.05. The minimum absolute atomic E-state index is 0.140. The Morgan fingerprint density at radius 3 is 2.59 bits per heavy atom. The summed E-state index contributed by atoms with van der Waals surface area (Å²) in [4.78, 5) is 26.9. The molecule has 1 saturated heterocycles. The molecule has 1 aliphatic carbocycles. The first-order valence-corrected chi connectivity index (χ1v) is 11.8. The van der Waals surface area contributed by atoms with Crippen molar-refractivity contribution in [2.24, 2.45) is 0 Å². The molecule has 0 unspecified atom stereocenters. The Morgan fingerprint density at radius 1 is 1.22 bits per heavy atom. The van der Waals surface area contributed by atoms with Crippen LogP contribution in [0, 0.1) is 0 Å². The second kappa shape index (κ2) is 10.1. The summed E-state index contributed by atoms with van der Waals surface area (Å²) in [6, 6.07) is 7.88. The number of nitrogens with zero attached hydrogens (tertiary/aromatic N) is 4. The fourth-order valence-electron chi connectivity index (χ4n) is 4.51. The number of aryl methyl sites for hydroxylation is 1. The quantitative estimate of drug-likeness (QED) is 0.665. The van der Waals surface area contributed by atoms with E-state index in [1.165, 1.54) is 0 Å². The molecule has 172 valence electrons. The zero-order chi connectivity index (χ0) is 22.7. The lowest BCUT2D eigenvalue weighted by Crippen LogP contribution is -2.51. The molecule has 2 heterocycles. The molecular weight excluding hydrogens is 426 g/mol. The van der Waals surface area contributed by atoms with Crippen molar-refractivity contribution in [1.29, 1.82) is 0 Å². The number of benzene rings is 1. The SMILES string of the molecule is CC(C)NC[C@@H](C(=O)N1CCN(c2ncc3c(n2)CC[C@H]3CO)CC1)c1ccc(Cl)cc1. The number of carbonyl (C=O) groups is 1. The monoisotopic (exact) mass is 457 g/mol. The number of aromatic nitrogens is 2. The van der Waals surface area contributed by atoms with Crippen LogP contribution in [0.4, 0.5) is 5.95 Å². The van der Waals surface area contributed by atoms with Crippen LogP contribution in [0.2, 0.25) is 5.02 Å². The second-order valence-electron chi connectivity index (χ2n) is 8.97. The van der Waals surface area contributed by atoms with Crippen molar-refractivity contribution in [3.8, 4) is 0 Å². The molecule has 1 aliphatic heterocycles. The van der Waals surface area contributed by atoms with Gasteiger partial charge < -0.3 is 20.2 Å². The van der Waals surface area contributed by atoms with Crippen LogP contribution in [-0.2, 0) is 11.2 Å². The lowest BCUT2D eigenvalue weighted by atomic mass is 9.96. The average molecular weight is 458 g/mol. The highest BCUT2D eigenvalue weighted by Crippen LogP contribution is 2.32. The number of hydrogen-bond donors (Lipinski definition) is 2. The minimum Gasteiger partial charge on any atom is -0.396 e. The van der Waals surface area contributed by atoms with E-state index in [0.29, 0.717) is 43.8 Å². The Labute approximate surface area is 194 Å². The number of halogens is 1. The molecule has 4 rings (SSSR count). The van der Waals surface area contributed by atoms with Crippen molar-refractivity contribution in [2.75, 3.05) is 44.2 Å². The third-order valence-corrected chi connectivity index (χ3v) is 6.70. The summed E-state index contributed by atoms with van der Waals surface area (Å²) in [5.74, 6) is 0.789. The van der Waals surface area contributed by atoms with Crippen LogP contribution in [0.3, 0.4) is 0 Å². The maximum Gasteiger partial charge on any atom is 0.231 e. The van der Waals surface area contributed by atoms with E-state index >= 15 is 0 Å². The van der Waals surface area contributed by atoms with Gasteiger partial charge in [0.25, 0.3) is 0 Å². The average Bonchev–Trinajstić information content (AvgIpc) is 3.22. The van der Waals surface area contributed by atoms with Crippen molar-refractivity contribution >= 4 is 23.5 Å². The van der Waals surface area contributed by atoms with Crippen LogP contribution < -0.4 is 10.2 Å². The largest absolute Gasteiger partial charge is 0.396 e. The van der Waals surface area contributed by atoms with Gasteiger partial charge in [-0.05, 0) is 36.1 Å². The van der Waals surface area contributed by atoms with E-state index in [1.54, 1.807) is 0 Å². The first-order chi connectivity index (χ1) is 15.5. The molecule has 2 aromatic rings. The number of aliphatic hydroxyl groups is 1. The smallest absolute Gasteiger partial charge is 0.231 e. The Balaban J connectivity index is 1.42. The number of amides is 1. The summed E-state index contributed by atoms with van der Waals surface area (Å²) in [5.41, 5.74) is 3.11. The minimum atomic E-state index is -0.243. The van der Waals surface area contributed by atoms with Gasteiger partial charge in [-0.25, -0.2) is 9.97 Å². The molecule has 1 fully saturated rings. The molecule has 8 heteroatoms. The van der Waals surface area contributed by atoms with Gasteiger partial charge in [0.15, 0.2) is 0 Å². The maximum atomic E-state index is 13.4. The number of nitrogens with one attached hydrogen (secondary N) is 1. The highest BCUT2D eigenvalue weighted by Gasteiger charge is 2.30. The van der Waals surface area contributed by atoms with E-state index in [9.17, 15) is 9.90 Å². The summed E-state index contributed by atoms with van der Waals surface area (Å²) in [6.45, 7) is 7.62. The van der Waals surface area contributed by atoms with Crippen molar-refractivity contribution in [1.82, 2.24) is 20.2 Å². The normalized spacial score (nSPS) is 19.3. The van der Waals surface area contributed by atoms with Gasteiger partial charge >= 0.3 is 0 Å². The van der Waals surface area contributed by atoms with E-state index in [2.05, 4.69) is 29.0 Å². The van der Waals surface area contributed by atoms with Gasteiger partial charge in [0.05, 0.1) is 12.5 Å². The number of aliphatic hydroxyl groups excluding tert-OH is 1. The van der Waals surface area contributed by atoms with Crippen LogP contribution in [0.1, 0.15) is 48.9 Å². The summed E-state index contributed by atoms with van der Waals surface area (Å²) >= 11 is 6.06. The fourth-order valence-corrected chi connectivity index (χ4v) is 4.64. The zero-order valence-corrected chi connectivity index (χ0v) is 19.6. The van der Waals surface area contributed by atoms with Gasteiger partial charge in [0.1, 0.15) is 0 Å². The fraction of sp³-hybridized carbons (Fsp3) is 0.542. The predicted molar refractivity (Wildman–Crippen MR) is 126 cm³/mol. The number of fused-ring (bicyclic) bond motifs is 1. The van der Waals surface area contributed by atoms with E-state index < -0.39 is 0 Å². The Kier molecular flexibility index (Phi) is 7.28. The molecule has 1 aromatic heterocycles. The number of hydrogen-bond acceptors (Lipinski definition) is 6. The standard InChI is InChI=1S/C24H32ClN5O2/c1-16(2)26-14-21(17-3-6-19(25)7-4-17)23(32)29-9-11-30(12-10-29)24-27-13-20-18(15-31)5-8-22(20)28-24/h3-4,6-7,13,16,18,21,26,31H,5,8-12,14-15H2,1-2H3/t18-,21+/m0/s1. The van der Waals surface area contributed by atoms with Crippen LogP contribution in [0.5, 0.6) is 0 Å². The molecule has 7 nitrogen and oxygen atoms in total. The van der Waals surface area contributed by atoms with Crippen LogP contribution >= 0.6 is 11.6 Å². The molecule has 1 amide bonds. The molecule has 1 aromatic carbocycles. The molecule has 0 bridgehead atoms. The van der Waals surface area contributed by atoms with E-state index in [1.807, 2.05) is 35.4 Å². The molecule has 0 radical (unpaired) electrons. The topological polar surface area (TPSA) is 81.6 Å². The Morgan fingerprint density at radius 2 is 1.94 bits per heavy atom. The highest BCUT2D eigenvalue weighted by molar-refractivity contribution is 6.30. The van der Waals surface area contributed by atoms with Crippen molar-refractivity contribution in [3.63, 3.8) is 0 Å². The number of carbonyl (C=O) groups excluding carboxylic acids is 1. The van der Waals surface area contributed by atoms with Crippen molar-refractivity contribution in [2.45, 2.75) is 44.6 Å². The summed E-state index contributed by atoms with van der Waals surface area (Å²) in [7, 11) is 0. The van der Waals surface area contributed by atoms with Crippen molar-refractivity contribution in [3.05, 3.63) is 52.3 Å². The second-order valence-corrected chi connectivity index (χ2v) is 9.41. The molecule has 2 atom stereocenters. The lowest BCUT2D eigenvalue weighted by molar-refractivity contribution is -0.133. The summed E-state index contributed by atoms with van der Waals surface area (Å²) in [6.07, 6.45) is 3.69. The predicted octanol–water partition coefficient (Wildman–Crippen LogP) is 2.58. The molecule has 32 heavy (non-hydrogen) atoms. The van der Waals surface area contributed by atoms with Crippen LogP contribution in [0.25, 0.3) is 0 Å². The summed E-state index contributed by atoms with van der Waals surface area (Å²) in [5, 5.41) is 13.6. The molecule has 2 N–H and O–H groups in total. The highest BCUT2D eigenvalue weighted by atomic mass is 35.5. The van der Waals surface area contributed by atoms with E-state index in [-0.39, 0.29) is 24.3 Å². The van der Waals surface area contributed by atoms with Gasteiger partial charge in [0, 0.05) is 61.6 Å². The van der Waals surface area contributed by atoms with E-state index in [0.717, 1.165) is 35.6 Å². The number of anilines is 1. The third-order valence-electron chi connectivity index (χ3n) is 6.45. The Bertz CT molecular complexity index is 928. The van der Waals surface area contributed by atoms with Gasteiger partial charge in [-0.3, -0.25) is 4.79 Å². The molecule has 0 saturated carbocycles. The van der Waals surface area contributed by atoms with Gasteiger partial charge in [0.2, 0.25) is 11.9 Å². The Hall–Kier alpha value is -2.22. The lowest BCUT2D eigenvalue weighted by Gasteiger charge is -2.36. The van der Waals surface area contributed by atoms with Crippen LogP contribution in [0.15, 0.2) is 30.5 Å². The summed E-state index contributed by atoms with van der Waals surface area (Å²) < 4.78 is 0. The van der Waals surface area contributed by atoms with Crippen LogP contribution in [-0.4, -0.2) is 71.3 Å². The molecule has 0 spiro atoms. The maximum absolute atomic E-state index is 13.4. The van der Waals surface area contributed by atoms with Gasteiger partial charge in [-0.2, -0.15) is 0 Å².